The van der Waals surface area contributed by atoms with Crippen LogP contribution < -0.4 is 11.5 Å². The molecule has 1 saturated carbocycles. The molecule has 0 bridgehead atoms. The van der Waals surface area contributed by atoms with E-state index in [2.05, 4.69) is 0 Å². The molecule has 0 aromatic rings. The largest absolute Gasteiger partial charge is 0.389 e. The van der Waals surface area contributed by atoms with Gasteiger partial charge in [-0.1, -0.05) is 0 Å². The Hall–Kier alpha value is -0.290. The predicted octanol–water partition coefficient (Wildman–Crippen LogP) is 1.93. The van der Waals surface area contributed by atoms with Crippen molar-refractivity contribution in [1.82, 2.24) is 0 Å². The first kappa shape index (κ1) is 11.8. The molecule has 84 valence electrons. The molecule has 0 aliphatic heterocycles. The Bertz CT molecular complexity index is 183. The number of hydrogen-bond donors (Lipinski definition) is 2. The van der Waals surface area contributed by atoms with E-state index in [1.165, 1.54) is 0 Å². The van der Waals surface area contributed by atoms with Gasteiger partial charge < -0.3 is 11.5 Å². The fraction of sp³-hybridized carbons (Fsp3) is 1.00. The van der Waals surface area contributed by atoms with E-state index in [4.69, 9.17) is 11.5 Å². The number of rotatable bonds is 2. The van der Waals surface area contributed by atoms with E-state index in [1.54, 1.807) is 0 Å². The second-order valence-corrected chi connectivity index (χ2v) is 4.31. The highest BCUT2D eigenvalue weighted by atomic mass is 19.4. The van der Waals surface area contributed by atoms with Crippen LogP contribution in [0, 0.1) is 0 Å². The predicted molar refractivity (Wildman–Crippen MR) is 48.7 cm³/mol. The van der Waals surface area contributed by atoms with E-state index in [9.17, 15) is 13.2 Å². The van der Waals surface area contributed by atoms with Gasteiger partial charge in [0.05, 0.1) is 0 Å². The lowest BCUT2D eigenvalue weighted by Gasteiger charge is -2.36. The highest BCUT2D eigenvalue weighted by Crippen LogP contribution is 2.33. The third kappa shape index (κ3) is 3.84. The quantitative estimate of drug-likeness (QED) is 0.731. The molecular weight excluding hydrogens is 193 g/mol. The Labute approximate surface area is 81.8 Å². The molecule has 0 aromatic heterocycles. The topological polar surface area (TPSA) is 52.0 Å². The minimum Gasteiger partial charge on any atom is -0.328 e. The highest BCUT2D eigenvalue weighted by Gasteiger charge is 2.35. The van der Waals surface area contributed by atoms with Crippen LogP contribution in [0.1, 0.15) is 38.5 Å². The molecule has 14 heavy (non-hydrogen) atoms. The number of alkyl halides is 3. The minimum atomic E-state index is -4.09. The van der Waals surface area contributed by atoms with Crippen molar-refractivity contribution in [3.63, 3.8) is 0 Å². The summed E-state index contributed by atoms with van der Waals surface area (Å²) in [5, 5.41) is 0. The van der Waals surface area contributed by atoms with Crippen molar-refractivity contribution in [2.24, 2.45) is 11.5 Å². The fourth-order valence-corrected chi connectivity index (χ4v) is 1.86. The molecule has 0 spiro atoms. The van der Waals surface area contributed by atoms with Crippen molar-refractivity contribution in [3.8, 4) is 0 Å². The van der Waals surface area contributed by atoms with Crippen LogP contribution in [-0.2, 0) is 0 Å². The molecule has 0 aromatic carbocycles. The molecule has 0 atom stereocenters. The lowest BCUT2D eigenvalue weighted by Crippen LogP contribution is -2.46. The maximum absolute atomic E-state index is 12.0. The van der Waals surface area contributed by atoms with Crippen molar-refractivity contribution < 1.29 is 13.2 Å². The molecule has 4 N–H and O–H groups in total. The molecular formula is C9H17F3N2. The van der Waals surface area contributed by atoms with Crippen LogP contribution >= 0.6 is 0 Å². The zero-order chi connectivity index (χ0) is 10.8. The zero-order valence-corrected chi connectivity index (χ0v) is 8.11. The van der Waals surface area contributed by atoms with Crippen molar-refractivity contribution in [2.45, 2.75) is 56.3 Å². The van der Waals surface area contributed by atoms with Gasteiger partial charge in [0.2, 0.25) is 0 Å². The van der Waals surface area contributed by atoms with Crippen molar-refractivity contribution in [3.05, 3.63) is 0 Å². The SMILES string of the molecule is NC1CCC(N)(CCC(F)(F)F)CC1. The van der Waals surface area contributed by atoms with Gasteiger partial charge in [0.1, 0.15) is 0 Å². The Kier molecular flexibility index (Phi) is 3.42. The second-order valence-electron chi connectivity index (χ2n) is 4.31. The van der Waals surface area contributed by atoms with E-state index in [0.29, 0.717) is 12.8 Å². The average molecular weight is 210 g/mol. The van der Waals surface area contributed by atoms with Gasteiger partial charge >= 0.3 is 6.18 Å². The van der Waals surface area contributed by atoms with Gasteiger partial charge in [-0.2, -0.15) is 13.2 Å². The number of nitrogens with two attached hydrogens (primary N) is 2. The summed E-state index contributed by atoms with van der Waals surface area (Å²) in [6, 6.07) is 0.123. The van der Waals surface area contributed by atoms with Gasteiger partial charge in [-0.15, -0.1) is 0 Å². The maximum atomic E-state index is 12.0. The molecule has 1 aliphatic rings. The molecule has 5 heteroatoms. The average Bonchev–Trinajstić information content (AvgIpc) is 2.07. The summed E-state index contributed by atoms with van der Waals surface area (Å²) in [5.74, 6) is 0. The summed E-state index contributed by atoms with van der Waals surface area (Å²) >= 11 is 0. The van der Waals surface area contributed by atoms with Gasteiger partial charge in [-0.05, 0) is 32.1 Å². The normalized spacial score (nSPS) is 34.5. The standard InChI is InChI=1S/C9H17F3N2/c10-9(11,12)6-5-8(14)3-1-7(13)2-4-8/h7H,1-6,13-14H2. The third-order valence-corrected chi connectivity index (χ3v) is 2.93. The summed E-state index contributed by atoms with van der Waals surface area (Å²) in [5.41, 5.74) is 10.9. The minimum absolute atomic E-state index is 0.0310. The maximum Gasteiger partial charge on any atom is 0.389 e. The van der Waals surface area contributed by atoms with Crippen molar-refractivity contribution >= 4 is 0 Å². The van der Waals surface area contributed by atoms with Crippen molar-refractivity contribution in [1.29, 1.82) is 0 Å². The van der Waals surface area contributed by atoms with Gasteiger partial charge in [-0.25, -0.2) is 0 Å². The molecule has 0 radical (unpaired) electrons. The van der Waals surface area contributed by atoms with Crippen LogP contribution in [0.15, 0.2) is 0 Å². The lowest BCUT2D eigenvalue weighted by atomic mass is 9.77. The van der Waals surface area contributed by atoms with E-state index in [-0.39, 0.29) is 12.5 Å². The van der Waals surface area contributed by atoms with Crippen LogP contribution in [-0.4, -0.2) is 17.8 Å². The summed E-state index contributed by atoms with van der Waals surface area (Å²) in [6.45, 7) is 0. The fourth-order valence-electron chi connectivity index (χ4n) is 1.86. The molecule has 2 nitrogen and oxygen atoms in total. The van der Waals surface area contributed by atoms with Gasteiger partial charge in [0.15, 0.2) is 0 Å². The van der Waals surface area contributed by atoms with Gasteiger partial charge in [0.25, 0.3) is 0 Å². The summed E-state index contributed by atoms with van der Waals surface area (Å²) in [6.07, 6.45) is -2.12. The number of hydrogen-bond acceptors (Lipinski definition) is 2. The first-order valence-corrected chi connectivity index (χ1v) is 4.92. The molecule has 1 rings (SSSR count). The zero-order valence-electron chi connectivity index (χ0n) is 8.11. The third-order valence-electron chi connectivity index (χ3n) is 2.93. The molecule has 0 saturated heterocycles. The molecule has 0 amide bonds. The van der Waals surface area contributed by atoms with Crippen LogP contribution in [0.2, 0.25) is 0 Å². The molecule has 1 aliphatic carbocycles. The molecule has 0 unspecified atom stereocenters. The first-order chi connectivity index (χ1) is 6.31. The van der Waals surface area contributed by atoms with E-state index >= 15 is 0 Å². The first-order valence-electron chi connectivity index (χ1n) is 4.92. The molecule has 0 heterocycles. The second kappa shape index (κ2) is 4.06. The van der Waals surface area contributed by atoms with Crippen LogP contribution in [0.3, 0.4) is 0 Å². The summed E-state index contributed by atoms with van der Waals surface area (Å²) < 4.78 is 35.9. The van der Waals surface area contributed by atoms with Crippen molar-refractivity contribution in [2.75, 3.05) is 0 Å². The van der Waals surface area contributed by atoms with Crippen LogP contribution in [0.4, 0.5) is 13.2 Å². The number of halogens is 3. The highest BCUT2D eigenvalue weighted by molar-refractivity contribution is 4.91. The Morgan fingerprint density at radius 3 is 2.14 bits per heavy atom. The van der Waals surface area contributed by atoms with E-state index in [0.717, 1.165) is 12.8 Å². The van der Waals surface area contributed by atoms with Crippen LogP contribution in [0.5, 0.6) is 0 Å². The van der Waals surface area contributed by atoms with Gasteiger partial charge in [-0.3, -0.25) is 0 Å². The van der Waals surface area contributed by atoms with E-state index in [1.807, 2.05) is 0 Å². The Morgan fingerprint density at radius 2 is 1.71 bits per heavy atom. The van der Waals surface area contributed by atoms with E-state index < -0.39 is 18.1 Å². The Morgan fingerprint density at radius 1 is 1.21 bits per heavy atom. The monoisotopic (exact) mass is 210 g/mol. The van der Waals surface area contributed by atoms with Crippen LogP contribution in [0.25, 0.3) is 0 Å². The molecule has 1 fully saturated rings. The summed E-state index contributed by atoms with van der Waals surface area (Å²) in [7, 11) is 0. The summed E-state index contributed by atoms with van der Waals surface area (Å²) in [4.78, 5) is 0. The Balaban J connectivity index is 2.36. The lowest BCUT2D eigenvalue weighted by molar-refractivity contribution is -0.139. The van der Waals surface area contributed by atoms with Gasteiger partial charge in [0, 0.05) is 18.0 Å². The smallest absolute Gasteiger partial charge is 0.328 e.